The molecule has 4 atom stereocenters. The van der Waals surface area contributed by atoms with Crippen LogP contribution in [-0.2, 0) is 19.1 Å². The van der Waals surface area contributed by atoms with Crippen molar-refractivity contribution in [1.29, 1.82) is 0 Å². The van der Waals surface area contributed by atoms with Crippen LogP contribution in [0.2, 0.25) is 0 Å². The minimum absolute atomic E-state index is 0.0494. The Labute approximate surface area is 257 Å². The number of carbonyl (C=O) groups excluding carboxylic acids is 2. The summed E-state index contributed by atoms with van der Waals surface area (Å²) in [5.74, 6) is -1.23. The number of methoxy groups -OCH3 is 5. The Morgan fingerprint density at radius 2 is 1.23 bits per heavy atom. The lowest BCUT2D eigenvalue weighted by atomic mass is 9.74. The number of phenolic OH excluding ortho intramolecular Hbond substituents is 1. The molecule has 4 rings (SSSR count). The third-order valence-corrected chi connectivity index (χ3v) is 7.93. The zero-order valence-electron chi connectivity index (χ0n) is 26.1. The molecule has 0 bridgehead atoms. The molecule has 0 fully saturated rings. The fourth-order valence-corrected chi connectivity index (χ4v) is 5.67. The van der Waals surface area contributed by atoms with Gasteiger partial charge in [0.05, 0.1) is 35.5 Å². The fourth-order valence-electron chi connectivity index (χ4n) is 5.67. The van der Waals surface area contributed by atoms with Crippen molar-refractivity contribution in [3.05, 3.63) is 65.2 Å². The van der Waals surface area contributed by atoms with Crippen molar-refractivity contribution in [3.8, 4) is 45.6 Å². The maximum atomic E-state index is 13.3. The predicted molar refractivity (Wildman–Crippen MR) is 163 cm³/mol. The van der Waals surface area contributed by atoms with Crippen LogP contribution in [0.3, 0.4) is 0 Å². The quantitative estimate of drug-likeness (QED) is 0.220. The van der Waals surface area contributed by atoms with Gasteiger partial charge in [-0.05, 0) is 23.8 Å². The molecular weight excluding hydrogens is 568 g/mol. The van der Waals surface area contributed by atoms with E-state index in [1.807, 2.05) is 44.2 Å². The van der Waals surface area contributed by atoms with Gasteiger partial charge in [0, 0.05) is 47.1 Å². The number of esters is 2. The first kappa shape index (κ1) is 32.1. The molecule has 44 heavy (non-hydrogen) atoms. The normalized spacial score (nSPS) is 19.1. The molecule has 10 nitrogen and oxygen atoms in total. The smallest absolute Gasteiger partial charge is 0.331 e. The van der Waals surface area contributed by atoms with Crippen LogP contribution in [0.4, 0.5) is 0 Å². The predicted octanol–water partition coefficient (Wildman–Crippen LogP) is 6.29. The van der Waals surface area contributed by atoms with Crippen molar-refractivity contribution in [2.24, 2.45) is 11.8 Å². The second kappa shape index (κ2) is 13.6. The Hall–Kier alpha value is -4.86. The van der Waals surface area contributed by atoms with E-state index in [4.69, 9.17) is 33.2 Å². The molecule has 1 N–H and O–H groups in total. The van der Waals surface area contributed by atoms with E-state index < -0.39 is 36.0 Å². The van der Waals surface area contributed by atoms with Gasteiger partial charge in [0.1, 0.15) is 12.2 Å². The van der Waals surface area contributed by atoms with Crippen molar-refractivity contribution in [1.82, 2.24) is 0 Å². The maximum Gasteiger partial charge on any atom is 0.331 e. The van der Waals surface area contributed by atoms with E-state index in [1.54, 1.807) is 18.2 Å². The summed E-state index contributed by atoms with van der Waals surface area (Å²) in [5, 5.41) is 11.8. The Balaban J connectivity index is 2.08. The number of aromatic hydroxyl groups is 1. The van der Waals surface area contributed by atoms with Gasteiger partial charge >= 0.3 is 11.9 Å². The molecular formula is C34H38O10. The van der Waals surface area contributed by atoms with E-state index in [0.717, 1.165) is 5.56 Å². The second-order valence-electron chi connectivity index (χ2n) is 10.4. The van der Waals surface area contributed by atoms with Gasteiger partial charge in [-0.3, -0.25) is 4.79 Å². The average molecular weight is 607 g/mol. The molecule has 234 valence electrons. The third kappa shape index (κ3) is 5.97. The molecule has 1 aliphatic carbocycles. The highest BCUT2D eigenvalue weighted by Crippen LogP contribution is 2.59. The Morgan fingerprint density at radius 1 is 0.705 bits per heavy atom. The first-order chi connectivity index (χ1) is 21.1. The Bertz CT molecular complexity index is 1550. The van der Waals surface area contributed by atoms with Crippen LogP contribution in [0.15, 0.2) is 48.5 Å². The van der Waals surface area contributed by atoms with Gasteiger partial charge in [-0.1, -0.05) is 44.2 Å². The van der Waals surface area contributed by atoms with Gasteiger partial charge in [-0.2, -0.15) is 0 Å². The van der Waals surface area contributed by atoms with Crippen LogP contribution in [0.1, 0.15) is 49.7 Å². The number of hydrogen-bond acceptors (Lipinski definition) is 10. The van der Waals surface area contributed by atoms with Crippen molar-refractivity contribution in [2.75, 3.05) is 35.5 Å². The fraction of sp³-hybridized carbons (Fsp3) is 0.353. The van der Waals surface area contributed by atoms with Crippen LogP contribution < -0.4 is 23.7 Å². The molecule has 0 radical (unpaired) electrons. The minimum atomic E-state index is -0.942. The molecule has 0 aromatic heterocycles. The zero-order chi connectivity index (χ0) is 32.1. The summed E-state index contributed by atoms with van der Waals surface area (Å²) in [7, 11) is 7.24. The summed E-state index contributed by atoms with van der Waals surface area (Å²) in [5.41, 5.74) is 2.32. The minimum Gasteiger partial charge on any atom is -0.504 e. The summed E-state index contributed by atoms with van der Waals surface area (Å²) < 4.78 is 40.5. The summed E-state index contributed by atoms with van der Waals surface area (Å²) in [6.07, 6.45) is 1.19. The molecule has 0 spiro atoms. The SMILES string of the molecule is COc1cc2c(c(O)c1OC)-c1c(cc(OC)c(OC)c1OC)[C@@H](OC(C)=O)[C@H](C)[C@H](C)[C@@H]2OC(=O)/C=C/c1ccccc1. The first-order valence-electron chi connectivity index (χ1n) is 14.0. The van der Waals surface area contributed by atoms with Crippen LogP contribution in [0.5, 0.6) is 34.5 Å². The van der Waals surface area contributed by atoms with E-state index >= 15 is 0 Å². The Kier molecular flexibility index (Phi) is 9.93. The number of fused-ring (bicyclic) bond motifs is 3. The monoisotopic (exact) mass is 606 g/mol. The topological polar surface area (TPSA) is 119 Å². The van der Waals surface area contributed by atoms with Crippen LogP contribution in [0.25, 0.3) is 17.2 Å². The number of ether oxygens (including phenoxy) is 7. The first-order valence-corrected chi connectivity index (χ1v) is 14.0. The number of hydrogen-bond donors (Lipinski definition) is 1. The van der Waals surface area contributed by atoms with Gasteiger partial charge in [0.15, 0.2) is 23.0 Å². The molecule has 0 heterocycles. The molecule has 0 saturated heterocycles. The molecule has 3 aromatic carbocycles. The van der Waals surface area contributed by atoms with Gasteiger partial charge in [-0.25, -0.2) is 4.79 Å². The summed E-state index contributed by atoms with van der Waals surface area (Å²) in [6.45, 7) is 5.11. The van der Waals surface area contributed by atoms with E-state index in [9.17, 15) is 14.7 Å². The van der Waals surface area contributed by atoms with Crippen molar-refractivity contribution in [2.45, 2.75) is 33.0 Å². The summed E-state index contributed by atoms with van der Waals surface area (Å²) in [4.78, 5) is 25.8. The highest BCUT2D eigenvalue weighted by Gasteiger charge is 2.43. The highest BCUT2D eigenvalue weighted by molar-refractivity contribution is 5.90. The van der Waals surface area contributed by atoms with Crippen molar-refractivity contribution >= 4 is 18.0 Å². The molecule has 3 aromatic rings. The molecule has 10 heteroatoms. The number of carbonyl (C=O) groups is 2. The molecule has 0 aliphatic heterocycles. The lowest BCUT2D eigenvalue weighted by Gasteiger charge is -2.38. The van der Waals surface area contributed by atoms with Gasteiger partial charge in [-0.15, -0.1) is 0 Å². The second-order valence-corrected chi connectivity index (χ2v) is 10.4. The van der Waals surface area contributed by atoms with Gasteiger partial charge in [0.2, 0.25) is 11.5 Å². The number of benzene rings is 3. The van der Waals surface area contributed by atoms with Crippen LogP contribution >= 0.6 is 0 Å². The molecule has 0 unspecified atom stereocenters. The molecule has 1 aliphatic rings. The summed E-state index contributed by atoms with van der Waals surface area (Å²) in [6, 6.07) is 12.7. The molecule has 0 amide bonds. The Morgan fingerprint density at radius 3 is 1.75 bits per heavy atom. The number of phenols is 1. The van der Waals surface area contributed by atoms with Crippen molar-refractivity contribution < 1.29 is 47.9 Å². The third-order valence-electron chi connectivity index (χ3n) is 7.93. The largest absolute Gasteiger partial charge is 0.504 e. The van der Waals surface area contributed by atoms with E-state index in [1.165, 1.54) is 48.5 Å². The van der Waals surface area contributed by atoms with Crippen LogP contribution in [-0.4, -0.2) is 52.6 Å². The standard InChI is InChI=1S/C34H38O10/c1-18-19(2)31(44-26(36)15-14-21-12-10-9-11-13-21)22-16-24(38-4)32(40-6)29(37)27(22)28-23(30(18)43-20(3)35)17-25(39-5)33(41-7)34(28)42-8/h9-19,30-31,37H,1-8H3/b15-14+/t18-,19+,30+,31+/m1/s1. The highest BCUT2D eigenvalue weighted by atomic mass is 16.6. The van der Waals surface area contributed by atoms with E-state index in [0.29, 0.717) is 22.4 Å². The van der Waals surface area contributed by atoms with Crippen molar-refractivity contribution in [3.63, 3.8) is 0 Å². The van der Waals surface area contributed by atoms with Crippen LogP contribution in [0, 0.1) is 11.8 Å². The number of rotatable bonds is 9. The zero-order valence-corrected chi connectivity index (χ0v) is 26.1. The van der Waals surface area contributed by atoms with Gasteiger partial charge < -0.3 is 38.3 Å². The van der Waals surface area contributed by atoms with E-state index in [2.05, 4.69) is 0 Å². The summed E-state index contributed by atoms with van der Waals surface area (Å²) >= 11 is 0. The van der Waals surface area contributed by atoms with Gasteiger partial charge in [0.25, 0.3) is 0 Å². The molecule has 0 saturated carbocycles. The lowest BCUT2D eigenvalue weighted by Crippen LogP contribution is -2.30. The lowest BCUT2D eigenvalue weighted by molar-refractivity contribution is -0.156. The van der Waals surface area contributed by atoms with E-state index in [-0.39, 0.29) is 34.3 Å². The average Bonchev–Trinajstić information content (AvgIpc) is 3.03. The maximum absolute atomic E-state index is 13.3.